The fraction of sp³-hybridized carbons (Fsp3) is 0.800. The molecule has 0 N–H and O–H groups in total. The number of nitrogens with zero attached hydrogens (tertiary/aromatic N) is 1. The highest BCUT2D eigenvalue weighted by atomic mass is 16.1. The molecule has 0 atom stereocenters. The number of rotatable bonds is 21. The van der Waals surface area contributed by atoms with Crippen molar-refractivity contribution >= 4 is 6.41 Å². The molecule has 1 radical (unpaired) electrons. The summed E-state index contributed by atoms with van der Waals surface area (Å²) in [4.78, 5) is 12.7. The van der Waals surface area contributed by atoms with Crippen LogP contribution >= 0.6 is 0 Å². The van der Waals surface area contributed by atoms with Gasteiger partial charge in [-0.25, -0.2) is 0 Å². The van der Waals surface area contributed by atoms with Gasteiger partial charge < -0.3 is 4.90 Å². The van der Waals surface area contributed by atoms with Crippen LogP contribution in [-0.2, 0) is 4.79 Å². The van der Waals surface area contributed by atoms with E-state index in [9.17, 15) is 4.79 Å². The number of carbonyl (C=O) groups excluding carboxylic acids is 1. The first-order chi connectivity index (χ1) is 13.3. The summed E-state index contributed by atoms with van der Waals surface area (Å²) in [5.41, 5.74) is 0. The van der Waals surface area contributed by atoms with Crippen LogP contribution < -0.4 is 0 Å². The Morgan fingerprint density at radius 2 is 0.926 bits per heavy atom. The molecule has 0 saturated heterocycles. The third-order valence-electron chi connectivity index (χ3n) is 5.06. The van der Waals surface area contributed by atoms with Gasteiger partial charge in [0.15, 0.2) is 0 Å². The van der Waals surface area contributed by atoms with Crippen molar-refractivity contribution in [2.75, 3.05) is 13.1 Å². The zero-order valence-corrected chi connectivity index (χ0v) is 18.4. The van der Waals surface area contributed by atoms with Gasteiger partial charge >= 0.3 is 6.41 Å². The SMILES string of the molecule is CCCCCCCCCC=CCN([C]=O)CC=CCCCCCCCCC. The number of unbranched alkanes of at least 4 members (excludes halogenated alkanes) is 14. The lowest BCUT2D eigenvalue weighted by Gasteiger charge is -2.10. The fourth-order valence-electron chi connectivity index (χ4n) is 3.23. The van der Waals surface area contributed by atoms with Crippen LogP contribution in [0.15, 0.2) is 24.3 Å². The largest absolute Gasteiger partial charge is 0.327 e. The lowest BCUT2D eigenvalue weighted by Crippen LogP contribution is -2.21. The summed E-state index contributed by atoms with van der Waals surface area (Å²) < 4.78 is 0. The Kier molecular flexibility index (Phi) is 22.1. The molecule has 0 rings (SSSR count). The molecule has 0 aromatic heterocycles. The van der Waals surface area contributed by atoms with E-state index in [4.69, 9.17) is 0 Å². The summed E-state index contributed by atoms with van der Waals surface area (Å²) in [6, 6.07) is 0. The Balaban J connectivity index is 3.50. The average Bonchev–Trinajstić information content (AvgIpc) is 2.69. The highest BCUT2D eigenvalue weighted by Crippen LogP contribution is 2.09. The summed E-state index contributed by atoms with van der Waals surface area (Å²) in [7, 11) is 0. The molecule has 157 valence electrons. The number of hydrogen-bond acceptors (Lipinski definition) is 1. The minimum Gasteiger partial charge on any atom is -0.327 e. The lowest BCUT2D eigenvalue weighted by atomic mass is 10.1. The predicted molar refractivity (Wildman–Crippen MR) is 121 cm³/mol. The van der Waals surface area contributed by atoms with Gasteiger partial charge in [0.2, 0.25) is 0 Å². The van der Waals surface area contributed by atoms with Crippen molar-refractivity contribution in [3.05, 3.63) is 24.3 Å². The first-order valence-corrected chi connectivity index (χ1v) is 11.8. The third-order valence-corrected chi connectivity index (χ3v) is 5.06. The van der Waals surface area contributed by atoms with Crippen molar-refractivity contribution in [3.8, 4) is 0 Å². The molecule has 0 aromatic rings. The molecular weight excluding hydrogens is 330 g/mol. The molecule has 0 unspecified atom stereocenters. The highest BCUT2D eigenvalue weighted by molar-refractivity contribution is 5.48. The first-order valence-electron chi connectivity index (χ1n) is 11.8. The molecular formula is C25H46NO. The molecule has 0 aliphatic heterocycles. The standard InChI is InChI=1S/C25H46NO/c1-3-5-7-9-11-13-15-17-19-21-23-26(25-27)24-22-20-18-16-14-12-10-8-6-4-2/h19-22H,3-18,23-24H2,1-2H3. The second-order valence-electron chi connectivity index (χ2n) is 7.76. The third kappa shape index (κ3) is 21.1. The van der Waals surface area contributed by atoms with Crippen LogP contribution in [0.4, 0.5) is 0 Å². The van der Waals surface area contributed by atoms with E-state index < -0.39 is 0 Å². The van der Waals surface area contributed by atoms with E-state index in [1.807, 2.05) is 6.41 Å². The van der Waals surface area contributed by atoms with Crippen LogP contribution in [0, 0.1) is 0 Å². The van der Waals surface area contributed by atoms with Gasteiger partial charge in [-0.3, -0.25) is 4.79 Å². The summed E-state index contributed by atoms with van der Waals surface area (Å²) >= 11 is 0. The monoisotopic (exact) mass is 376 g/mol. The van der Waals surface area contributed by atoms with Crippen molar-refractivity contribution in [3.63, 3.8) is 0 Å². The zero-order valence-electron chi connectivity index (χ0n) is 18.4. The van der Waals surface area contributed by atoms with Gasteiger partial charge in [0, 0.05) is 13.1 Å². The van der Waals surface area contributed by atoms with Crippen molar-refractivity contribution < 1.29 is 4.79 Å². The highest BCUT2D eigenvalue weighted by Gasteiger charge is 1.96. The van der Waals surface area contributed by atoms with Crippen LogP contribution in [0.3, 0.4) is 0 Å². The van der Waals surface area contributed by atoms with Crippen molar-refractivity contribution in [1.82, 2.24) is 4.90 Å². The molecule has 0 aromatic carbocycles. The van der Waals surface area contributed by atoms with Crippen molar-refractivity contribution in [2.45, 2.75) is 117 Å². The van der Waals surface area contributed by atoms with E-state index in [-0.39, 0.29) is 0 Å². The average molecular weight is 377 g/mol. The Bertz CT molecular complexity index is 318. The number of hydrogen-bond donors (Lipinski definition) is 0. The minimum atomic E-state index is 0.682. The van der Waals surface area contributed by atoms with E-state index in [1.54, 1.807) is 4.90 Å². The van der Waals surface area contributed by atoms with E-state index in [2.05, 4.69) is 38.2 Å². The molecule has 2 nitrogen and oxygen atoms in total. The molecule has 0 fully saturated rings. The smallest absolute Gasteiger partial charge is 0.312 e. The van der Waals surface area contributed by atoms with Crippen LogP contribution in [0.5, 0.6) is 0 Å². The lowest BCUT2D eigenvalue weighted by molar-refractivity contribution is 0.436. The van der Waals surface area contributed by atoms with E-state index >= 15 is 0 Å². The van der Waals surface area contributed by atoms with Gasteiger partial charge in [0.05, 0.1) is 0 Å². The first kappa shape index (κ1) is 26.0. The quantitative estimate of drug-likeness (QED) is 0.114. The fourth-order valence-corrected chi connectivity index (χ4v) is 3.23. The van der Waals surface area contributed by atoms with Gasteiger partial charge in [-0.15, -0.1) is 0 Å². The second kappa shape index (κ2) is 23.0. The minimum absolute atomic E-state index is 0.682. The molecule has 0 aliphatic rings. The summed E-state index contributed by atoms with van der Waals surface area (Å²) in [6.07, 6.45) is 31.9. The van der Waals surface area contributed by atoms with Crippen LogP contribution in [0.2, 0.25) is 0 Å². The van der Waals surface area contributed by atoms with Gasteiger partial charge in [-0.2, -0.15) is 0 Å². The van der Waals surface area contributed by atoms with Crippen LogP contribution in [0.25, 0.3) is 0 Å². The van der Waals surface area contributed by atoms with Crippen molar-refractivity contribution in [1.29, 1.82) is 0 Å². The molecule has 27 heavy (non-hydrogen) atoms. The summed E-state index contributed by atoms with van der Waals surface area (Å²) in [6.45, 7) is 5.89. The van der Waals surface area contributed by atoms with Gasteiger partial charge in [-0.1, -0.05) is 115 Å². The maximum Gasteiger partial charge on any atom is 0.312 e. The molecule has 2 heteroatoms. The summed E-state index contributed by atoms with van der Waals surface area (Å²) in [5.74, 6) is 0. The Labute approximate surface area is 170 Å². The second-order valence-corrected chi connectivity index (χ2v) is 7.76. The van der Waals surface area contributed by atoms with Gasteiger partial charge in [0.25, 0.3) is 0 Å². The van der Waals surface area contributed by atoms with E-state index in [0.29, 0.717) is 13.1 Å². The molecule has 1 amide bonds. The van der Waals surface area contributed by atoms with Crippen molar-refractivity contribution in [2.24, 2.45) is 0 Å². The predicted octanol–water partition coefficient (Wildman–Crippen LogP) is 7.75. The Morgan fingerprint density at radius 1 is 0.556 bits per heavy atom. The normalized spacial score (nSPS) is 11.6. The number of allylic oxidation sites excluding steroid dienone is 2. The molecule has 0 aliphatic carbocycles. The maximum absolute atomic E-state index is 11.0. The molecule has 0 saturated carbocycles. The zero-order chi connectivity index (χ0) is 19.8. The van der Waals surface area contributed by atoms with E-state index in [1.165, 1.54) is 89.9 Å². The van der Waals surface area contributed by atoms with Crippen LogP contribution in [-0.4, -0.2) is 24.4 Å². The molecule has 0 bridgehead atoms. The van der Waals surface area contributed by atoms with Crippen LogP contribution in [0.1, 0.15) is 117 Å². The maximum atomic E-state index is 11.0. The number of amides is 1. The Morgan fingerprint density at radius 3 is 1.30 bits per heavy atom. The Hall–Kier alpha value is -1.05. The van der Waals surface area contributed by atoms with E-state index in [0.717, 1.165) is 12.8 Å². The van der Waals surface area contributed by atoms with Gasteiger partial charge in [0.1, 0.15) is 0 Å². The molecule has 0 spiro atoms. The summed E-state index contributed by atoms with van der Waals surface area (Å²) in [5, 5.41) is 0. The van der Waals surface area contributed by atoms with Gasteiger partial charge in [-0.05, 0) is 25.7 Å². The topological polar surface area (TPSA) is 20.3 Å². The molecule has 0 heterocycles.